The van der Waals surface area contributed by atoms with Gasteiger partial charge in [0.05, 0.1) is 18.7 Å². The topological polar surface area (TPSA) is 87.7 Å². The smallest absolute Gasteiger partial charge is 0.227 e. The van der Waals surface area contributed by atoms with E-state index in [-0.39, 0.29) is 30.1 Å². The Labute approximate surface area is 146 Å². The fourth-order valence-corrected chi connectivity index (χ4v) is 2.97. The van der Waals surface area contributed by atoms with Crippen LogP contribution in [0.2, 0.25) is 0 Å². The van der Waals surface area contributed by atoms with Gasteiger partial charge in [-0.3, -0.25) is 14.4 Å². The van der Waals surface area contributed by atoms with Gasteiger partial charge in [-0.05, 0) is 25.0 Å². The van der Waals surface area contributed by atoms with Gasteiger partial charge in [0.2, 0.25) is 17.7 Å². The number of amides is 3. The number of hydrogen-bond acceptors (Lipinski definition) is 4. The maximum atomic E-state index is 12.3. The van der Waals surface area contributed by atoms with Crippen molar-refractivity contribution < 1.29 is 19.1 Å². The summed E-state index contributed by atoms with van der Waals surface area (Å²) >= 11 is 0. The molecule has 0 aromatic heterocycles. The largest absolute Gasteiger partial charge is 0.495 e. The molecule has 1 saturated carbocycles. The van der Waals surface area contributed by atoms with Gasteiger partial charge >= 0.3 is 0 Å². The summed E-state index contributed by atoms with van der Waals surface area (Å²) in [5.74, 6) is 0.194. The van der Waals surface area contributed by atoms with Gasteiger partial charge in [0.15, 0.2) is 0 Å². The van der Waals surface area contributed by atoms with E-state index < -0.39 is 5.92 Å². The Hall–Kier alpha value is -2.57. The molecule has 0 spiro atoms. The lowest BCUT2D eigenvalue weighted by Crippen LogP contribution is -2.38. The van der Waals surface area contributed by atoms with E-state index in [0.29, 0.717) is 31.1 Å². The summed E-state index contributed by atoms with van der Waals surface area (Å²) in [6.07, 6.45) is 2.10. The van der Waals surface area contributed by atoms with Gasteiger partial charge in [0, 0.05) is 32.0 Å². The van der Waals surface area contributed by atoms with Gasteiger partial charge in [0.25, 0.3) is 0 Å². The van der Waals surface area contributed by atoms with Crippen LogP contribution in [0.4, 0.5) is 5.69 Å². The highest BCUT2D eigenvalue weighted by Crippen LogP contribution is 2.32. The number of nitrogens with zero attached hydrogens (tertiary/aromatic N) is 1. The van der Waals surface area contributed by atoms with Gasteiger partial charge in [0.1, 0.15) is 5.75 Å². The number of nitrogens with one attached hydrogen (secondary N) is 2. The van der Waals surface area contributed by atoms with Crippen LogP contribution in [0.25, 0.3) is 0 Å². The molecule has 25 heavy (non-hydrogen) atoms. The van der Waals surface area contributed by atoms with Crippen molar-refractivity contribution in [2.45, 2.75) is 19.3 Å². The number of carbonyl (C=O) groups excluding carboxylic acids is 3. The number of benzene rings is 1. The molecule has 7 heteroatoms. The molecule has 3 amide bonds. The van der Waals surface area contributed by atoms with Crippen LogP contribution in [0.3, 0.4) is 0 Å². The second-order valence-corrected chi connectivity index (χ2v) is 6.43. The molecule has 2 N–H and O–H groups in total. The summed E-state index contributed by atoms with van der Waals surface area (Å²) in [6.45, 7) is 1.12. The summed E-state index contributed by atoms with van der Waals surface area (Å²) in [6, 6.07) is 7.27. The summed E-state index contributed by atoms with van der Waals surface area (Å²) in [4.78, 5) is 37.7. The van der Waals surface area contributed by atoms with Crippen molar-refractivity contribution in [1.82, 2.24) is 10.6 Å². The number of hydrogen-bond donors (Lipinski definition) is 2. The van der Waals surface area contributed by atoms with Crippen LogP contribution in [0.15, 0.2) is 24.3 Å². The lowest BCUT2D eigenvalue weighted by molar-refractivity contribution is -0.126. The minimum atomic E-state index is -0.392. The molecule has 1 aromatic carbocycles. The van der Waals surface area contributed by atoms with Crippen LogP contribution in [-0.4, -0.2) is 44.5 Å². The zero-order valence-electron chi connectivity index (χ0n) is 14.3. The molecule has 2 fully saturated rings. The summed E-state index contributed by atoms with van der Waals surface area (Å²) in [7, 11) is 1.56. The standard InChI is InChI=1S/C18H23N3O4/c1-25-15-5-3-2-4-14(15)21-11-13(10-16(21)22)18(24)20-9-8-19-17(23)12-6-7-12/h2-5,12-13H,6-11H2,1H3,(H,19,23)(H,20,24). The van der Waals surface area contributed by atoms with E-state index in [2.05, 4.69) is 10.6 Å². The molecule has 7 nitrogen and oxygen atoms in total. The minimum absolute atomic E-state index is 0.0626. The Balaban J connectivity index is 1.49. The number of ether oxygens (including phenoxy) is 1. The van der Waals surface area contributed by atoms with Crippen LogP contribution in [-0.2, 0) is 14.4 Å². The molecule has 2 aliphatic rings. The Morgan fingerprint density at radius 3 is 2.40 bits per heavy atom. The molecule has 1 saturated heterocycles. The van der Waals surface area contributed by atoms with E-state index >= 15 is 0 Å². The van der Waals surface area contributed by atoms with Crippen molar-refractivity contribution in [2.24, 2.45) is 11.8 Å². The molecule has 3 rings (SSSR count). The monoisotopic (exact) mass is 345 g/mol. The quantitative estimate of drug-likeness (QED) is 0.712. The van der Waals surface area contributed by atoms with Crippen LogP contribution < -0.4 is 20.3 Å². The van der Waals surface area contributed by atoms with Crippen molar-refractivity contribution in [1.29, 1.82) is 0 Å². The molecule has 0 radical (unpaired) electrons. The van der Waals surface area contributed by atoms with Crippen LogP contribution in [0.5, 0.6) is 5.75 Å². The number of carbonyl (C=O) groups is 3. The number of rotatable bonds is 7. The van der Waals surface area contributed by atoms with Crippen molar-refractivity contribution in [3.63, 3.8) is 0 Å². The van der Waals surface area contributed by atoms with Gasteiger partial charge in [-0.25, -0.2) is 0 Å². The normalized spacial score (nSPS) is 19.6. The van der Waals surface area contributed by atoms with E-state index in [4.69, 9.17) is 4.74 Å². The number of anilines is 1. The maximum absolute atomic E-state index is 12.3. The molecule has 0 bridgehead atoms. The van der Waals surface area contributed by atoms with Gasteiger partial charge in [-0.15, -0.1) is 0 Å². The van der Waals surface area contributed by atoms with Gasteiger partial charge in [-0.1, -0.05) is 12.1 Å². The van der Waals surface area contributed by atoms with E-state index in [1.54, 1.807) is 18.1 Å². The molecule has 1 aliphatic heterocycles. The van der Waals surface area contributed by atoms with Gasteiger partial charge < -0.3 is 20.3 Å². The molecular weight excluding hydrogens is 322 g/mol. The summed E-state index contributed by atoms with van der Waals surface area (Å²) < 4.78 is 5.29. The average molecular weight is 345 g/mol. The second-order valence-electron chi connectivity index (χ2n) is 6.43. The zero-order valence-corrected chi connectivity index (χ0v) is 14.3. The summed E-state index contributed by atoms with van der Waals surface area (Å²) in [5, 5.41) is 5.60. The Bertz CT molecular complexity index is 672. The molecule has 1 unspecified atom stereocenters. The molecule has 1 aliphatic carbocycles. The third-order valence-corrected chi connectivity index (χ3v) is 4.54. The predicted molar refractivity (Wildman–Crippen MR) is 92.2 cm³/mol. The predicted octanol–water partition coefficient (Wildman–Crippen LogP) is 0.690. The highest BCUT2D eigenvalue weighted by Gasteiger charge is 2.36. The van der Waals surface area contributed by atoms with Crippen LogP contribution in [0.1, 0.15) is 19.3 Å². The first-order valence-corrected chi connectivity index (χ1v) is 8.59. The van der Waals surface area contributed by atoms with Crippen molar-refractivity contribution in [3.8, 4) is 5.75 Å². The first-order chi connectivity index (χ1) is 12.1. The average Bonchev–Trinajstić information content (AvgIpc) is 3.40. The fourth-order valence-electron chi connectivity index (χ4n) is 2.97. The molecule has 1 heterocycles. The lowest BCUT2D eigenvalue weighted by atomic mass is 10.1. The van der Waals surface area contributed by atoms with Crippen molar-refractivity contribution >= 4 is 23.4 Å². The van der Waals surface area contributed by atoms with Crippen LogP contribution in [0, 0.1) is 11.8 Å². The third-order valence-electron chi connectivity index (χ3n) is 4.54. The van der Waals surface area contributed by atoms with Crippen molar-refractivity contribution in [3.05, 3.63) is 24.3 Å². The molecule has 134 valence electrons. The fraction of sp³-hybridized carbons (Fsp3) is 0.500. The minimum Gasteiger partial charge on any atom is -0.495 e. The van der Waals surface area contributed by atoms with Crippen LogP contribution >= 0.6 is 0 Å². The van der Waals surface area contributed by atoms with E-state index in [1.165, 1.54) is 0 Å². The lowest BCUT2D eigenvalue weighted by Gasteiger charge is -2.19. The third kappa shape index (κ3) is 4.10. The zero-order chi connectivity index (χ0) is 17.8. The van der Waals surface area contributed by atoms with E-state index in [1.807, 2.05) is 18.2 Å². The van der Waals surface area contributed by atoms with Crippen molar-refractivity contribution in [2.75, 3.05) is 31.6 Å². The number of para-hydroxylation sites is 2. The molecule has 1 atom stereocenters. The Morgan fingerprint density at radius 2 is 1.76 bits per heavy atom. The Kier molecular flexibility index (Phi) is 5.21. The highest BCUT2D eigenvalue weighted by molar-refractivity contribution is 6.01. The molecular formula is C18H23N3O4. The molecule has 1 aromatic rings. The first kappa shape index (κ1) is 17.3. The summed E-state index contributed by atoms with van der Waals surface area (Å²) in [5.41, 5.74) is 0.682. The first-order valence-electron chi connectivity index (χ1n) is 8.59. The van der Waals surface area contributed by atoms with E-state index in [9.17, 15) is 14.4 Å². The SMILES string of the molecule is COc1ccccc1N1CC(C(=O)NCCNC(=O)C2CC2)CC1=O. The van der Waals surface area contributed by atoms with E-state index in [0.717, 1.165) is 12.8 Å². The number of methoxy groups -OCH3 is 1. The van der Waals surface area contributed by atoms with Gasteiger partial charge in [-0.2, -0.15) is 0 Å². The highest BCUT2D eigenvalue weighted by atomic mass is 16.5. The second kappa shape index (κ2) is 7.55. The maximum Gasteiger partial charge on any atom is 0.227 e. The Morgan fingerprint density at radius 1 is 1.12 bits per heavy atom.